The average molecular weight is 215 g/mol. The number of benzene rings is 2. The smallest absolute Gasteiger partial charge is 0.336 e. The van der Waals surface area contributed by atoms with Crippen LogP contribution in [0.3, 0.4) is 0 Å². The maximum absolute atomic E-state index is 11.1. The predicted octanol–water partition coefficient (Wildman–Crippen LogP) is 2.26. The van der Waals surface area contributed by atoms with Crippen LogP contribution in [0, 0.1) is 0 Å². The summed E-state index contributed by atoms with van der Waals surface area (Å²) < 4.78 is 0. The van der Waals surface area contributed by atoms with E-state index in [9.17, 15) is 4.79 Å². The predicted molar refractivity (Wildman–Crippen MR) is 63.7 cm³/mol. The molecule has 0 aliphatic heterocycles. The summed E-state index contributed by atoms with van der Waals surface area (Å²) in [6.07, 6.45) is 0. The highest BCUT2D eigenvalue weighted by Crippen LogP contribution is 2.22. The van der Waals surface area contributed by atoms with Crippen molar-refractivity contribution in [2.75, 3.05) is 7.05 Å². The van der Waals surface area contributed by atoms with E-state index >= 15 is 0 Å². The van der Waals surface area contributed by atoms with Crippen LogP contribution in [0.25, 0.3) is 10.8 Å². The lowest BCUT2D eigenvalue weighted by atomic mass is 10.00. The van der Waals surface area contributed by atoms with E-state index in [1.807, 2.05) is 31.3 Å². The minimum atomic E-state index is -0.882. The van der Waals surface area contributed by atoms with Gasteiger partial charge in [-0.05, 0) is 29.4 Å². The first kappa shape index (κ1) is 10.6. The minimum absolute atomic E-state index is 0.357. The summed E-state index contributed by atoms with van der Waals surface area (Å²) in [6, 6.07) is 11.1. The van der Waals surface area contributed by atoms with Crippen molar-refractivity contribution in [1.29, 1.82) is 0 Å². The van der Waals surface area contributed by atoms with E-state index in [0.717, 1.165) is 22.9 Å². The van der Waals surface area contributed by atoms with Gasteiger partial charge in [0.1, 0.15) is 0 Å². The topological polar surface area (TPSA) is 49.3 Å². The van der Waals surface area contributed by atoms with Gasteiger partial charge in [-0.3, -0.25) is 0 Å². The zero-order valence-electron chi connectivity index (χ0n) is 9.03. The van der Waals surface area contributed by atoms with Crippen LogP contribution in [-0.2, 0) is 6.54 Å². The van der Waals surface area contributed by atoms with Crippen molar-refractivity contribution >= 4 is 16.7 Å². The first-order valence-electron chi connectivity index (χ1n) is 5.12. The monoisotopic (exact) mass is 215 g/mol. The molecule has 0 unspecified atom stereocenters. The third-order valence-electron chi connectivity index (χ3n) is 2.61. The Morgan fingerprint density at radius 3 is 2.56 bits per heavy atom. The summed E-state index contributed by atoms with van der Waals surface area (Å²) in [5.74, 6) is -0.882. The molecule has 82 valence electrons. The lowest BCUT2D eigenvalue weighted by Gasteiger charge is -2.07. The van der Waals surface area contributed by atoms with Crippen molar-refractivity contribution in [2.45, 2.75) is 6.54 Å². The van der Waals surface area contributed by atoms with Crippen LogP contribution in [0.1, 0.15) is 15.9 Å². The van der Waals surface area contributed by atoms with Gasteiger partial charge in [0.15, 0.2) is 0 Å². The maximum atomic E-state index is 11.1. The van der Waals surface area contributed by atoms with Crippen LogP contribution >= 0.6 is 0 Å². The quantitative estimate of drug-likeness (QED) is 0.825. The Hall–Kier alpha value is -1.87. The number of carboxylic acids is 1. The van der Waals surface area contributed by atoms with Crippen LogP contribution in [0.5, 0.6) is 0 Å². The van der Waals surface area contributed by atoms with Crippen molar-refractivity contribution in [2.24, 2.45) is 0 Å². The van der Waals surface area contributed by atoms with Crippen LogP contribution in [0.2, 0.25) is 0 Å². The Labute approximate surface area is 93.7 Å². The molecule has 2 N–H and O–H groups in total. The van der Waals surface area contributed by atoms with Crippen LogP contribution < -0.4 is 5.32 Å². The molecule has 3 nitrogen and oxygen atoms in total. The second-order valence-electron chi connectivity index (χ2n) is 3.65. The van der Waals surface area contributed by atoms with Gasteiger partial charge in [-0.2, -0.15) is 0 Å². The number of hydrogen-bond donors (Lipinski definition) is 2. The second-order valence-corrected chi connectivity index (χ2v) is 3.65. The molecule has 0 saturated carbocycles. The van der Waals surface area contributed by atoms with Crippen molar-refractivity contribution in [1.82, 2.24) is 5.32 Å². The molecule has 0 bridgehead atoms. The van der Waals surface area contributed by atoms with Gasteiger partial charge in [0.2, 0.25) is 0 Å². The van der Waals surface area contributed by atoms with Crippen LogP contribution in [-0.4, -0.2) is 18.1 Å². The first-order chi connectivity index (χ1) is 7.74. The van der Waals surface area contributed by atoms with Gasteiger partial charge in [-0.1, -0.05) is 30.3 Å². The molecule has 0 amide bonds. The average Bonchev–Trinajstić information content (AvgIpc) is 2.29. The Bertz CT molecular complexity index is 534. The molecule has 0 saturated heterocycles. The van der Waals surface area contributed by atoms with Crippen molar-refractivity contribution in [3.63, 3.8) is 0 Å². The lowest BCUT2D eigenvalue weighted by molar-refractivity contribution is 0.0699. The van der Waals surface area contributed by atoms with E-state index in [-0.39, 0.29) is 0 Å². The van der Waals surface area contributed by atoms with Crippen molar-refractivity contribution in [3.05, 3.63) is 47.5 Å². The number of aromatic carboxylic acids is 1. The van der Waals surface area contributed by atoms with Gasteiger partial charge in [0, 0.05) is 6.54 Å². The molecule has 0 fully saturated rings. The SMILES string of the molecule is CNCc1cccc2c(C(=O)O)cccc12. The summed E-state index contributed by atoms with van der Waals surface area (Å²) in [4.78, 5) is 11.1. The zero-order valence-corrected chi connectivity index (χ0v) is 9.03. The zero-order chi connectivity index (χ0) is 11.5. The Morgan fingerprint density at radius 1 is 1.19 bits per heavy atom. The molecule has 0 atom stereocenters. The van der Waals surface area contributed by atoms with Crippen molar-refractivity contribution in [3.8, 4) is 0 Å². The molecule has 0 radical (unpaired) electrons. The van der Waals surface area contributed by atoms with E-state index in [2.05, 4.69) is 5.32 Å². The third kappa shape index (κ3) is 1.77. The molecule has 0 heterocycles. The third-order valence-corrected chi connectivity index (χ3v) is 2.61. The van der Waals surface area contributed by atoms with Crippen LogP contribution in [0.15, 0.2) is 36.4 Å². The molecule has 0 aliphatic rings. The van der Waals surface area contributed by atoms with E-state index in [1.165, 1.54) is 0 Å². The number of fused-ring (bicyclic) bond motifs is 1. The Balaban J connectivity index is 2.71. The molecular formula is C13H13NO2. The summed E-state index contributed by atoms with van der Waals surface area (Å²) in [5.41, 5.74) is 1.47. The van der Waals surface area contributed by atoms with Gasteiger partial charge in [0.25, 0.3) is 0 Å². The number of carbonyl (C=O) groups is 1. The molecule has 2 aromatic rings. The fourth-order valence-corrected chi connectivity index (χ4v) is 1.91. The van der Waals surface area contributed by atoms with E-state index < -0.39 is 5.97 Å². The normalized spacial score (nSPS) is 10.6. The van der Waals surface area contributed by atoms with Gasteiger partial charge in [-0.25, -0.2) is 4.79 Å². The molecule has 0 spiro atoms. The molecular weight excluding hydrogens is 202 g/mol. The molecule has 2 aromatic carbocycles. The largest absolute Gasteiger partial charge is 0.478 e. The van der Waals surface area contributed by atoms with Crippen LogP contribution in [0.4, 0.5) is 0 Å². The highest BCUT2D eigenvalue weighted by molar-refractivity contribution is 6.04. The molecule has 3 heteroatoms. The van der Waals surface area contributed by atoms with Gasteiger partial charge in [0.05, 0.1) is 5.56 Å². The molecule has 16 heavy (non-hydrogen) atoms. The van der Waals surface area contributed by atoms with E-state index in [4.69, 9.17) is 5.11 Å². The second kappa shape index (κ2) is 4.33. The number of rotatable bonds is 3. The van der Waals surface area contributed by atoms with Gasteiger partial charge < -0.3 is 10.4 Å². The Morgan fingerprint density at radius 2 is 1.88 bits per heavy atom. The molecule has 2 rings (SSSR count). The Kier molecular flexibility index (Phi) is 2.88. The molecule has 0 aromatic heterocycles. The van der Waals surface area contributed by atoms with E-state index in [0.29, 0.717) is 5.56 Å². The molecule has 0 aliphatic carbocycles. The summed E-state index contributed by atoms with van der Waals surface area (Å²) >= 11 is 0. The summed E-state index contributed by atoms with van der Waals surface area (Å²) in [6.45, 7) is 0.737. The highest BCUT2D eigenvalue weighted by atomic mass is 16.4. The number of carboxylic acid groups (broad SMARTS) is 1. The fraction of sp³-hybridized carbons (Fsp3) is 0.154. The number of hydrogen-bond acceptors (Lipinski definition) is 2. The fourth-order valence-electron chi connectivity index (χ4n) is 1.91. The standard InChI is InChI=1S/C13H13NO2/c1-14-8-9-4-2-6-11-10(9)5-3-7-12(11)13(15)16/h2-7,14H,8H2,1H3,(H,15,16). The number of nitrogens with one attached hydrogen (secondary N) is 1. The lowest BCUT2D eigenvalue weighted by Crippen LogP contribution is -2.06. The van der Waals surface area contributed by atoms with Gasteiger partial charge >= 0.3 is 5.97 Å². The van der Waals surface area contributed by atoms with Gasteiger partial charge in [-0.15, -0.1) is 0 Å². The summed E-state index contributed by atoms with van der Waals surface area (Å²) in [7, 11) is 1.87. The highest BCUT2D eigenvalue weighted by Gasteiger charge is 2.09. The van der Waals surface area contributed by atoms with E-state index in [1.54, 1.807) is 12.1 Å². The minimum Gasteiger partial charge on any atom is -0.478 e. The van der Waals surface area contributed by atoms with Crippen molar-refractivity contribution < 1.29 is 9.90 Å². The summed E-state index contributed by atoms with van der Waals surface area (Å²) in [5, 5.41) is 14.0. The first-order valence-corrected chi connectivity index (χ1v) is 5.12. The maximum Gasteiger partial charge on any atom is 0.336 e.